The lowest BCUT2D eigenvalue weighted by molar-refractivity contribution is -0.146. The van der Waals surface area contributed by atoms with E-state index in [0.717, 1.165) is 11.1 Å². The van der Waals surface area contributed by atoms with Gasteiger partial charge in [-0.3, -0.25) is 24.2 Å². The van der Waals surface area contributed by atoms with Crippen molar-refractivity contribution in [1.29, 1.82) is 0 Å². The Kier molecular flexibility index (Phi) is 12.6. The lowest BCUT2D eigenvalue weighted by Gasteiger charge is -2.25. The topological polar surface area (TPSA) is 227 Å². The third-order valence-electron chi connectivity index (χ3n) is 7.68. The highest BCUT2D eigenvalue weighted by Crippen LogP contribution is 2.16. The number of aromatic amines is 2. The first kappa shape index (κ1) is 36.3. The number of carbonyl (C=O) groups is 5. The van der Waals surface area contributed by atoms with Crippen LogP contribution in [0.5, 0.6) is 0 Å². The number of hydrogen-bond acceptors (Lipinski definition) is 10. The van der Waals surface area contributed by atoms with Gasteiger partial charge in [0.25, 0.3) is 11.5 Å². The number of fused-ring (bicyclic) bond motifs is 1. The van der Waals surface area contributed by atoms with E-state index in [1.807, 2.05) is 0 Å². The Hall–Kier alpha value is -5.21. The number of hydrogen-bond donors (Lipinski definition) is 6. The number of aryl methyl sites for hydroxylation is 2. The minimum absolute atomic E-state index is 0.0225. The SMILES string of the molecule is COC(=O)[C@@H](NC(=O)CCC(NC(=O)c1ccc(CCc2c[nH]c3nc(N)[nH]c(=O)c23)cc1)C(=O)N[C@H](C(=O)OC)C(C)C)C(C)C. The van der Waals surface area contributed by atoms with Gasteiger partial charge in [-0.2, -0.15) is 4.98 Å². The van der Waals surface area contributed by atoms with Crippen LogP contribution in [0.25, 0.3) is 11.0 Å². The lowest BCUT2D eigenvalue weighted by atomic mass is 10.0. The van der Waals surface area contributed by atoms with Crippen molar-refractivity contribution >= 4 is 46.6 Å². The number of benzene rings is 1. The molecule has 0 bridgehead atoms. The number of nitrogens with zero attached hydrogens (tertiary/aromatic N) is 1. The summed E-state index contributed by atoms with van der Waals surface area (Å²) in [5, 5.41) is 8.34. The van der Waals surface area contributed by atoms with Crippen LogP contribution in [0.2, 0.25) is 0 Å². The van der Waals surface area contributed by atoms with Gasteiger partial charge in [0.05, 0.1) is 19.6 Å². The van der Waals surface area contributed by atoms with E-state index in [2.05, 4.69) is 30.9 Å². The molecule has 1 unspecified atom stereocenters. The third-order valence-corrected chi connectivity index (χ3v) is 7.68. The Morgan fingerprint density at radius 2 is 1.47 bits per heavy atom. The van der Waals surface area contributed by atoms with E-state index in [-0.39, 0.29) is 41.7 Å². The molecule has 47 heavy (non-hydrogen) atoms. The van der Waals surface area contributed by atoms with Gasteiger partial charge >= 0.3 is 11.9 Å². The molecule has 3 aromatic rings. The molecule has 0 fully saturated rings. The standard InChI is InChI=1S/C32H43N7O8/c1-16(2)24(30(44)46-5)36-22(40)14-13-21(28(42)37-25(17(3)4)31(45)47-6)35-27(41)19-10-7-18(8-11-19)9-12-20-15-34-26-23(20)29(43)39-32(33)38-26/h7-8,10-11,15-17,21,24-25H,9,12-14H2,1-6H3,(H,35,41)(H,36,40)(H,37,42)(H4,33,34,38,39,43)/t21?,24-,25-/m0/s1. The van der Waals surface area contributed by atoms with Crippen LogP contribution in [0.1, 0.15) is 62.0 Å². The molecule has 0 aliphatic heterocycles. The summed E-state index contributed by atoms with van der Waals surface area (Å²) in [6.07, 6.45) is 2.47. The summed E-state index contributed by atoms with van der Waals surface area (Å²) in [5.41, 5.74) is 7.61. The Morgan fingerprint density at radius 3 is 2.04 bits per heavy atom. The van der Waals surface area contributed by atoms with Crippen LogP contribution in [0, 0.1) is 11.8 Å². The van der Waals surface area contributed by atoms with E-state index in [1.54, 1.807) is 58.2 Å². The van der Waals surface area contributed by atoms with E-state index in [0.29, 0.717) is 23.9 Å². The highest BCUT2D eigenvalue weighted by molar-refractivity contribution is 5.98. The molecule has 0 radical (unpaired) electrons. The zero-order valence-corrected chi connectivity index (χ0v) is 27.4. The number of amides is 3. The van der Waals surface area contributed by atoms with Crippen molar-refractivity contribution in [3.63, 3.8) is 0 Å². The Labute approximate surface area is 271 Å². The molecule has 2 heterocycles. The Bertz CT molecular complexity index is 1650. The number of ether oxygens (including phenoxy) is 2. The van der Waals surface area contributed by atoms with Gasteiger partial charge in [0.1, 0.15) is 23.8 Å². The number of nitrogens with two attached hydrogens (primary N) is 1. The fraction of sp³-hybridized carbons (Fsp3) is 0.469. The van der Waals surface area contributed by atoms with Gasteiger partial charge in [0, 0.05) is 18.2 Å². The normalized spacial score (nSPS) is 13.1. The van der Waals surface area contributed by atoms with Crippen LogP contribution in [-0.4, -0.2) is 77.0 Å². The Morgan fingerprint density at radius 1 is 0.872 bits per heavy atom. The minimum Gasteiger partial charge on any atom is -0.467 e. The number of esters is 2. The second kappa shape index (κ2) is 16.4. The summed E-state index contributed by atoms with van der Waals surface area (Å²) in [5.74, 6) is -3.56. The van der Waals surface area contributed by atoms with E-state index >= 15 is 0 Å². The van der Waals surface area contributed by atoms with Crippen molar-refractivity contribution in [2.45, 2.75) is 71.5 Å². The second-order valence-electron chi connectivity index (χ2n) is 11.8. The molecule has 0 saturated carbocycles. The van der Waals surface area contributed by atoms with Crippen molar-refractivity contribution in [2.24, 2.45) is 11.8 Å². The van der Waals surface area contributed by atoms with Gasteiger partial charge < -0.3 is 36.1 Å². The van der Waals surface area contributed by atoms with E-state index in [1.165, 1.54) is 14.2 Å². The maximum Gasteiger partial charge on any atom is 0.328 e. The quantitative estimate of drug-likeness (QED) is 0.128. The number of H-pyrrole nitrogens is 2. The molecule has 0 saturated heterocycles. The van der Waals surface area contributed by atoms with Crippen LogP contribution < -0.4 is 27.2 Å². The first-order valence-electron chi connectivity index (χ1n) is 15.3. The molecule has 3 rings (SSSR count). The fourth-order valence-corrected chi connectivity index (χ4v) is 4.95. The van der Waals surface area contributed by atoms with E-state index in [4.69, 9.17) is 15.2 Å². The Balaban J connectivity index is 1.72. The van der Waals surface area contributed by atoms with Gasteiger partial charge in [-0.25, -0.2) is 9.59 Å². The van der Waals surface area contributed by atoms with Crippen LogP contribution in [0.3, 0.4) is 0 Å². The number of aromatic nitrogens is 3. The number of carbonyl (C=O) groups excluding carboxylic acids is 5. The first-order valence-corrected chi connectivity index (χ1v) is 15.3. The predicted molar refractivity (Wildman–Crippen MR) is 173 cm³/mol. The average Bonchev–Trinajstić information content (AvgIpc) is 3.45. The van der Waals surface area contributed by atoms with Gasteiger partial charge in [-0.15, -0.1) is 0 Å². The second-order valence-corrected chi connectivity index (χ2v) is 11.8. The molecule has 15 heteroatoms. The van der Waals surface area contributed by atoms with Crippen molar-refractivity contribution in [2.75, 3.05) is 20.0 Å². The predicted octanol–water partition coefficient (Wildman–Crippen LogP) is 1.12. The highest BCUT2D eigenvalue weighted by Gasteiger charge is 2.31. The van der Waals surface area contributed by atoms with Crippen molar-refractivity contribution in [3.8, 4) is 0 Å². The van der Waals surface area contributed by atoms with E-state index < -0.39 is 47.8 Å². The molecule has 0 aliphatic carbocycles. The molecular formula is C32H43N7O8. The number of anilines is 1. The monoisotopic (exact) mass is 653 g/mol. The third kappa shape index (κ3) is 9.64. The average molecular weight is 654 g/mol. The molecule has 3 atom stereocenters. The summed E-state index contributed by atoms with van der Waals surface area (Å²) in [6.45, 7) is 6.96. The minimum atomic E-state index is -1.20. The first-order chi connectivity index (χ1) is 22.2. The lowest BCUT2D eigenvalue weighted by Crippen LogP contribution is -2.53. The summed E-state index contributed by atoms with van der Waals surface area (Å²) >= 11 is 0. The van der Waals surface area contributed by atoms with Crippen molar-refractivity contribution in [3.05, 3.63) is 57.5 Å². The van der Waals surface area contributed by atoms with Crippen molar-refractivity contribution in [1.82, 2.24) is 30.9 Å². The maximum atomic E-state index is 13.4. The number of nitrogen functional groups attached to an aromatic ring is 1. The summed E-state index contributed by atoms with van der Waals surface area (Å²) < 4.78 is 9.58. The summed E-state index contributed by atoms with van der Waals surface area (Å²) in [7, 11) is 2.43. The fourth-order valence-electron chi connectivity index (χ4n) is 4.95. The highest BCUT2D eigenvalue weighted by atomic mass is 16.5. The molecule has 1 aromatic carbocycles. The molecule has 7 N–H and O–H groups in total. The van der Waals surface area contributed by atoms with E-state index in [9.17, 15) is 28.8 Å². The molecule has 0 aliphatic rings. The van der Waals surface area contributed by atoms with Crippen LogP contribution in [0.4, 0.5) is 5.95 Å². The zero-order chi connectivity index (χ0) is 34.8. The molecular weight excluding hydrogens is 610 g/mol. The summed E-state index contributed by atoms with van der Waals surface area (Å²) in [4.78, 5) is 85.7. The number of nitrogens with one attached hydrogen (secondary N) is 5. The zero-order valence-electron chi connectivity index (χ0n) is 27.4. The van der Waals surface area contributed by atoms with Gasteiger partial charge in [0.2, 0.25) is 17.8 Å². The smallest absolute Gasteiger partial charge is 0.328 e. The maximum absolute atomic E-state index is 13.4. The van der Waals surface area contributed by atoms with Gasteiger partial charge in [0.15, 0.2) is 0 Å². The van der Waals surface area contributed by atoms with Crippen LogP contribution >= 0.6 is 0 Å². The largest absolute Gasteiger partial charge is 0.467 e. The van der Waals surface area contributed by atoms with Gasteiger partial charge in [-0.1, -0.05) is 39.8 Å². The van der Waals surface area contributed by atoms with Gasteiger partial charge in [-0.05, 0) is 54.4 Å². The van der Waals surface area contributed by atoms with Crippen LogP contribution in [-0.2, 0) is 41.5 Å². The van der Waals surface area contributed by atoms with Crippen molar-refractivity contribution < 1.29 is 33.4 Å². The van der Waals surface area contributed by atoms with Crippen LogP contribution in [0.15, 0.2) is 35.3 Å². The molecule has 254 valence electrons. The number of methoxy groups -OCH3 is 2. The molecule has 0 spiro atoms. The molecule has 3 amide bonds. The molecule has 2 aromatic heterocycles. The molecule has 15 nitrogen and oxygen atoms in total. The number of rotatable bonds is 15. The summed E-state index contributed by atoms with van der Waals surface area (Å²) in [6, 6.07) is 3.67.